The summed E-state index contributed by atoms with van der Waals surface area (Å²) >= 11 is 4.11. The molecule has 2 fully saturated rings. The molecular weight excluding hydrogens is 1490 g/mol. The second-order valence-electron chi connectivity index (χ2n) is 35.6. The molecule has 0 aromatic heterocycles. The predicted molar refractivity (Wildman–Crippen MR) is 441 cm³/mol. The van der Waals surface area contributed by atoms with Gasteiger partial charge in [-0.15, -0.1) is 80.6 Å². The monoisotopic (exact) mass is 1600 g/mol. The van der Waals surface area contributed by atoms with Crippen molar-refractivity contribution in [3.63, 3.8) is 0 Å². The number of hydrogen-bond donors (Lipinski definition) is 0. The Morgan fingerprint density at radius 1 is 0.392 bits per heavy atom. The van der Waals surface area contributed by atoms with E-state index in [0.717, 1.165) is 35.8 Å². The van der Waals surface area contributed by atoms with Crippen LogP contribution in [0.15, 0.2) is 210 Å². The summed E-state index contributed by atoms with van der Waals surface area (Å²) in [6.45, 7) is 58.1. The largest absolute Gasteiger partial charge is 1.00 e. The summed E-state index contributed by atoms with van der Waals surface area (Å²) < 4.78 is 0. The minimum Gasteiger partial charge on any atom is -1.00 e. The van der Waals surface area contributed by atoms with Crippen LogP contribution in [0.4, 0.5) is 0 Å². The molecule has 9 heteroatoms. The molecule has 0 saturated carbocycles. The van der Waals surface area contributed by atoms with E-state index in [1.807, 2.05) is 22.5 Å². The molecule has 0 spiro atoms. The normalized spacial score (nSPS) is 17.2. The van der Waals surface area contributed by atoms with Crippen molar-refractivity contribution in [2.75, 3.05) is 0 Å². The number of allylic oxidation sites excluding steroid dienone is 12. The van der Waals surface area contributed by atoms with Gasteiger partial charge in [0.2, 0.25) is 0 Å². The Morgan fingerprint density at radius 3 is 1.04 bits per heavy atom. The van der Waals surface area contributed by atoms with E-state index in [2.05, 4.69) is 348 Å². The van der Waals surface area contributed by atoms with Gasteiger partial charge in [0.1, 0.15) is 16.1 Å². The number of benzene rings is 6. The van der Waals surface area contributed by atoms with Gasteiger partial charge >= 0.3 is 0 Å². The van der Waals surface area contributed by atoms with Gasteiger partial charge in [0.25, 0.3) is 0 Å². The molecule has 102 heavy (non-hydrogen) atoms. The molecule has 0 bridgehead atoms. The zero-order chi connectivity index (χ0) is 72.9. The average Bonchev–Trinajstić information content (AvgIpc) is 1.53. The van der Waals surface area contributed by atoms with Crippen molar-refractivity contribution in [2.24, 2.45) is 11.8 Å². The van der Waals surface area contributed by atoms with E-state index in [1.165, 1.54) is 96.4 Å². The molecule has 4 aliphatic heterocycles. The third-order valence-corrected chi connectivity index (χ3v) is 31.9. The minimum absolute atomic E-state index is 0. The van der Waals surface area contributed by atoms with Crippen LogP contribution in [0, 0.1) is 11.8 Å². The fourth-order valence-electron chi connectivity index (χ4n) is 15.0. The zero-order valence-corrected chi connectivity index (χ0v) is 76.2. The molecule has 0 radical (unpaired) electrons. The molecule has 2 saturated heterocycles. The van der Waals surface area contributed by atoms with Gasteiger partial charge < -0.3 is 22.6 Å². The molecule has 0 amide bonds. The van der Waals surface area contributed by atoms with Crippen LogP contribution in [-0.2, 0) is 97.7 Å². The van der Waals surface area contributed by atoms with Crippen molar-refractivity contribution in [3.8, 4) is 33.8 Å². The molecule has 8 aromatic rings. The number of rotatable bonds is 7. The summed E-state index contributed by atoms with van der Waals surface area (Å²) in [5.74, 6) is 1.88. The van der Waals surface area contributed by atoms with E-state index in [4.69, 9.17) is 0 Å². The predicted octanol–water partition coefficient (Wildman–Crippen LogP) is 23.5. The Hall–Kier alpha value is -4.23. The van der Waals surface area contributed by atoms with Crippen LogP contribution < -0.4 is 22.6 Å². The molecular formula is C93H118ClO2S2Si2Zr2-5. The number of halogens is 1. The Balaban J connectivity index is 0.000000193. The molecule has 8 aromatic carbocycles. The Kier molecular flexibility index (Phi) is 28.5. The topological polar surface area (TPSA) is 46.1 Å². The van der Waals surface area contributed by atoms with E-state index in [-0.39, 0.29) is 109 Å². The number of fused-ring (bicyclic) bond motifs is 2. The maximum Gasteiger partial charge on any atom is 0.106 e. The van der Waals surface area contributed by atoms with Crippen LogP contribution in [0.25, 0.3) is 43.8 Å². The molecule has 6 aliphatic rings. The summed E-state index contributed by atoms with van der Waals surface area (Å²) in [4.78, 5) is 6.64. The van der Waals surface area contributed by atoms with Gasteiger partial charge in [0, 0.05) is 64.2 Å². The summed E-state index contributed by atoms with van der Waals surface area (Å²) in [5, 5.41) is 36.2. The molecule has 2 aliphatic carbocycles. The fourth-order valence-corrected chi connectivity index (χ4v) is 26.6. The smallest absolute Gasteiger partial charge is 0.106 e. The van der Waals surface area contributed by atoms with Crippen LogP contribution in [0.1, 0.15) is 216 Å². The first-order chi connectivity index (χ1) is 46.0. The molecule has 542 valence electrons. The van der Waals surface area contributed by atoms with Crippen molar-refractivity contribution in [2.45, 2.75) is 243 Å². The van der Waals surface area contributed by atoms with Crippen molar-refractivity contribution < 1.29 is 75.0 Å². The van der Waals surface area contributed by atoms with Crippen LogP contribution in [0.2, 0.25) is 26.2 Å². The first-order valence-electron chi connectivity index (χ1n) is 36.9. The summed E-state index contributed by atoms with van der Waals surface area (Å²) in [6.07, 6.45) is 15.5. The SMILES string of the molecule is CC(C)(C)c1ccc([O-])c(C(C)(C)C)c1.CC(C)(C)c1ccc([O-])c(C(C)(C)C)c1.CCC1=C2C3C(=CC=C3[Si]2(C)C)S1.CCC1=C2C3C(=CC=C3[Si]2(C)C)S1.CCCc1cc2c(-c3ccc(C(C)(C)C)cc3)cccc2[cH-]1.CCc1cc2c(-c3ccc(C(C)(C)C)cc3)cccc2[cH-]1.[Cl-].[Zr].[Zr]. The third-order valence-electron chi connectivity index (χ3n) is 21.1. The first kappa shape index (κ1) is 86.7. The average molecular weight is 1610 g/mol. The molecule has 2 nitrogen and oxygen atoms in total. The second-order valence-corrected chi connectivity index (χ2v) is 46.7. The quantitative estimate of drug-likeness (QED) is 0.118. The van der Waals surface area contributed by atoms with Gasteiger partial charge in [0.15, 0.2) is 0 Å². The Morgan fingerprint density at radius 2 is 0.725 bits per heavy atom. The number of aryl methyl sites for hydroxylation is 2. The maximum atomic E-state index is 11.7. The van der Waals surface area contributed by atoms with Crippen LogP contribution in [-0.4, -0.2) is 16.1 Å². The van der Waals surface area contributed by atoms with Crippen molar-refractivity contribution in [1.82, 2.24) is 0 Å². The summed E-state index contributed by atoms with van der Waals surface area (Å²) in [7, 11) is -2.17. The molecule has 4 heterocycles. The van der Waals surface area contributed by atoms with Gasteiger partial charge in [-0.3, -0.25) is 0 Å². The van der Waals surface area contributed by atoms with E-state index >= 15 is 0 Å². The molecule has 2 unspecified atom stereocenters. The van der Waals surface area contributed by atoms with Crippen molar-refractivity contribution in [3.05, 3.63) is 255 Å². The van der Waals surface area contributed by atoms with Crippen LogP contribution in [0.5, 0.6) is 11.5 Å². The van der Waals surface area contributed by atoms with Gasteiger partial charge in [-0.25, -0.2) is 0 Å². The van der Waals surface area contributed by atoms with E-state index in [1.54, 1.807) is 42.1 Å². The number of thioether (sulfide) groups is 2. The summed E-state index contributed by atoms with van der Waals surface area (Å²) in [6, 6.07) is 52.1. The van der Waals surface area contributed by atoms with Crippen LogP contribution >= 0.6 is 23.5 Å². The van der Waals surface area contributed by atoms with Gasteiger partial charge in [-0.05, 0) is 111 Å². The zero-order valence-electron chi connectivity index (χ0n) is 66.9. The molecule has 2 atom stereocenters. The Labute approximate surface area is 673 Å². The minimum atomic E-state index is -1.08. The van der Waals surface area contributed by atoms with Gasteiger partial charge in [-0.2, -0.15) is 12.1 Å². The summed E-state index contributed by atoms with van der Waals surface area (Å²) in [5.41, 5.74) is 15.7. The molecule has 0 N–H and O–H groups in total. The van der Waals surface area contributed by atoms with Crippen LogP contribution in [0.3, 0.4) is 0 Å². The standard InChI is InChI=1S/C22H25.C21H23.2C14H22O.2C11H14SSi.ClH.2Zr/c1-5-7-16-14-18-8-6-9-20(21(18)15-16)17-10-12-19(13-11-17)22(2,3)4;1-5-15-13-17-7-6-8-19(20(17)14-15)16-9-11-18(12-10-16)21(2,3)4;2*1-13(2,3)10-7-8-12(15)11(9-10)14(4,5)6;2*1-4-7-11-10-8(12-7)5-6-9(10)13(11,2)3;;;/h6,8-15H,5,7H2,1-4H3;6-14H,5H2,1-4H3;2*7-9,15H,1-6H3;2*5-6,10H,4H2,1-3H3;1H;;/q2*-1;;;;;;;/p-3. The van der Waals surface area contributed by atoms with Crippen molar-refractivity contribution in [1.29, 1.82) is 0 Å². The van der Waals surface area contributed by atoms with Crippen molar-refractivity contribution >= 4 is 61.2 Å². The first-order valence-corrected chi connectivity index (χ1v) is 44.6. The third kappa shape index (κ3) is 19.0. The molecule has 14 rings (SSSR count). The van der Waals surface area contributed by atoms with E-state index in [9.17, 15) is 10.2 Å². The number of hydrogen-bond acceptors (Lipinski definition) is 4. The van der Waals surface area contributed by atoms with E-state index in [0.29, 0.717) is 0 Å². The van der Waals surface area contributed by atoms with Gasteiger partial charge in [-0.1, -0.05) is 373 Å². The maximum absolute atomic E-state index is 11.7. The fraction of sp³-hybridized carbons (Fsp3) is 0.419. The van der Waals surface area contributed by atoms with Gasteiger partial charge in [0.05, 0.1) is 0 Å². The Bertz CT molecular complexity index is 4310. The second kappa shape index (κ2) is 33.5. The van der Waals surface area contributed by atoms with E-state index < -0.39 is 16.1 Å².